The number of amides is 4. The minimum Gasteiger partial charge on any atom is -0.493 e. The smallest absolute Gasteiger partial charge is 0.274 e. The van der Waals surface area contributed by atoms with E-state index in [1.54, 1.807) is 51.1 Å². The maximum Gasteiger partial charge on any atom is 0.274 e. The van der Waals surface area contributed by atoms with E-state index in [2.05, 4.69) is 64.3 Å². The monoisotopic (exact) mass is 715 g/mol. The first kappa shape index (κ1) is 39.3. The molecule has 1 atom stereocenters. The highest BCUT2D eigenvalue weighted by Crippen LogP contribution is 2.40. The molecule has 0 aliphatic carbocycles. The van der Waals surface area contributed by atoms with Crippen LogP contribution in [0.15, 0.2) is 66.7 Å². The molecule has 0 saturated heterocycles. The third-order valence-electron chi connectivity index (χ3n) is 9.86. The Labute approximate surface area is 306 Å². The normalized spacial score (nSPS) is 14.5. The Kier molecular flexibility index (Phi) is 11.6. The molecule has 4 rings (SSSR count). The van der Waals surface area contributed by atoms with Crippen molar-refractivity contribution in [2.24, 2.45) is 5.41 Å². The molecule has 2 N–H and O–H groups in total. The highest BCUT2D eigenvalue weighted by atomic mass is 35.5. The zero-order valence-electron chi connectivity index (χ0n) is 31.2. The van der Waals surface area contributed by atoms with Gasteiger partial charge < -0.3 is 15.4 Å². The number of benzene rings is 3. The van der Waals surface area contributed by atoms with Gasteiger partial charge in [-0.25, -0.2) is 4.90 Å². The highest BCUT2D eigenvalue weighted by molar-refractivity contribution is 6.51. The number of fused-ring (bicyclic) bond motifs is 1. The van der Waals surface area contributed by atoms with Crippen LogP contribution < -0.4 is 15.4 Å². The summed E-state index contributed by atoms with van der Waals surface area (Å²) in [7, 11) is 0. The molecule has 9 nitrogen and oxygen atoms in total. The second kappa shape index (κ2) is 15.0. The van der Waals surface area contributed by atoms with Crippen molar-refractivity contribution < 1.29 is 28.7 Å². The minimum atomic E-state index is -2.68. The molecule has 4 amide bonds. The SMILES string of the molecule is CCC(C)(C)c1ccc(OCCCC(=O)Nc2ccc3c(c2)C(=O)N(C(Cl)(C(=O)Nc2ccccc2)C(=O)C(C)(C)C)C3=O)c(C(C)(C)CC)c1. The molecule has 3 aromatic carbocycles. The number of anilines is 2. The number of nitrogens with one attached hydrogen (secondary N) is 2. The number of ketones is 1. The van der Waals surface area contributed by atoms with Gasteiger partial charge in [0.25, 0.3) is 22.7 Å². The van der Waals surface area contributed by atoms with E-state index in [1.165, 1.54) is 23.8 Å². The fourth-order valence-electron chi connectivity index (χ4n) is 5.78. The van der Waals surface area contributed by atoms with E-state index >= 15 is 0 Å². The zero-order chi connectivity index (χ0) is 37.9. The number of halogens is 1. The van der Waals surface area contributed by atoms with Crippen LogP contribution in [0.1, 0.15) is 120 Å². The van der Waals surface area contributed by atoms with Crippen LogP contribution in [-0.2, 0) is 25.2 Å². The number of Topliss-reactive ketones (excluding diaryl/α,β-unsaturated/α-hetero) is 1. The molecule has 0 radical (unpaired) electrons. The lowest BCUT2D eigenvalue weighted by molar-refractivity contribution is -0.139. The van der Waals surface area contributed by atoms with Crippen LogP contribution in [0, 0.1) is 5.41 Å². The maximum atomic E-state index is 13.8. The molecule has 1 heterocycles. The van der Waals surface area contributed by atoms with Crippen molar-refractivity contribution in [3.8, 4) is 5.75 Å². The molecule has 1 aliphatic heterocycles. The number of alkyl halides is 1. The van der Waals surface area contributed by atoms with E-state index in [4.69, 9.17) is 16.3 Å². The van der Waals surface area contributed by atoms with Crippen LogP contribution in [0.5, 0.6) is 5.75 Å². The molecule has 0 aromatic heterocycles. The van der Waals surface area contributed by atoms with E-state index in [0.29, 0.717) is 23.6 Å². The summed E-state index contributed by atoms with van der Waals surface area (Å²) in [5, 5.41) is 5.35. The van der Waals surface area contributed by atoms with Gasteiger partial charge in [0.15, 0.2) is 5.78 Å². The minimum absolute atomic E-state index is 0.0372. The van der Waals surface area contributed by atoms with Gasteiger partial charge in [-0.1, -0.05) is 104 Å². The maximum absolute atomic E-state index is 13.8. The second-order valence-electron chi connectivity index (χ2n) is 15.4. The second-order valence-corrected chi connectivity index (χ2v) is 16.0. The average Bonchev–Trinajstić information content (AvgIpc) is 3.34. The molecule has 0 fully saturated rings. The summed E-state index contributed by atoms with van der Waals surface area (Å²) in [6, 6.07) is 18.9. The van der Waals surface area contributed by atoms with Gasteiger partial charge in [0.2, 0.25) is 5.91 Å². The molecule has 0 bridgehead atoms. The summed E-state index contributed by atoms with van der Waals surface area (Å²) in [6.45, 7) is 18.2. The molecular formula is C41H50ClN3O6. The number of carbonyl (C=O) groups excluding carboxylic acids is 5. The van der Waals surface area contributed by atoms with E-state index < -0.39 is 33.9 Å². The number of carbonyl (C=O) groups is 5. The summed E-state index contributed by atoms with van der Waals surface area (Å²) in [5.74, 6) is -3.18. The van der Waals surface area contributed by atoms with Gasteiger partial charge in [0.05, 0.1) is 17.7 Å². The van der Waals surface area contributed by atoms with Crippen LogP contribution in [0.3, 0.4) is 0 Å². The fraction of sp³-hybridized carbons (Fsp3) is 0.439. The molecular weight excluding hydrogens is 666 g/mol. The van der Waals surface area contributed by atoms with Crippen LogP contribution in [0.25, 0.3) is 0 Å². The Morgan fingerprint density at radius 3 is 1.98 bits per heavy atom. The highest BCUT2D eigenvalue weighted by Gasteiger charge is 2.60. The standard InChI is InChI=1S/C41H50ClN3O6/c1-10-39(6,7)26-19-22-32(31(24-26)40(8,9)11-2)51-23-15-18-33(46)43-28-20-21-29-30(25-28)35(48)45(34(29)47)41(42,36(49)38(3,4)5)37(50)44-27-16-13-12-14-17-27/h12-14,16-17,19-22,24-25H,10-11,15,18,23H2,1-9H3,(H,43,46)(H,44,50). The molecule has 3 aromatic rings. The molecule has 272 valence electrons. The summed E-state index contributed by atoms with van der Waals surface area (Å²) in [6.07, 6.45) is 2.54. The third kappa shape index (κ3) is 8.19. The molecule has 0 spiro atoms. The summed E-state index contributed by atoms with van der Waals surface area (Å²) < 4.78 is 6.22. The lowest BCUT2D eigenvalue weighted by Gasteiger charge is -2.36. The van der Waals surface area contributed by atoms with Crippen molar-refractivity contribution in [2.45, 2.75) is 104 Å². The lowest BCUT2D eigenvalue weighted by Crippen LogP contribution is -2.62. The van der Waals surface area contributed by atoms with Crippen LogP contribution in [0.4, 0.5) is 11.4 Å². The number of nitrogens with zero attached hydrogens (tertiary/aromatic N) is 1. The molecule has 1 unspecified atom stereocenters. The van der Waals surface area contributed by atoms with Crippen LogP contribution >= 0.6 is 11.6 Å². The van der Waals surface area contributed by atoms with Gasteiger partial charge >= 0.3 is 0 Å². The number of hydrogen-bond acceptors (Lipinski definition) is 6. The Morgan fingerprint density at radius 1 is 0.745 bits per heavy atom. The lowest BCUT2D eigenvalue weighted by atomic mass is 9.76. The molecule has 0 saturated carbocycles. The van der Waals surface area contributed by atoms with Gasteiger partial charge in [-0.2, -0.15) is 0 Å². The van der Waals surface area contributed by atoms with Crippen molar-refractivity contribution in [3.05, 3.63) is 89.0 Å². The molecule has 51 heavy (non-hydrogen) atoms. The van der Waals surface area contributed by atoms with Gasteiger partial charge in [0.1, 0.15) is 5.75 Å². The Bertz CT molecular complexity index is 1830. The Balaban J connectivity index is 1.47. The first-order valence-electron chi connectivity index (χ1n) is 17.5. The third-order valence-corrected chi connectivity index (χ3v) is 10.4. The van der Waals surface area contributed by atoms with E-state index in [1.807, 2.05) is 6.07 Å². The topological polar surface area (TPSA) is 122 Å². The zero-order valence-corrected chi connectivity index (χ0v) is 31.9. The van der Waals surface area contributed by atoms with Crippen molar-refractivity contribution in [3.63, 3.8) is 0 Å². The Hall–Kier alpha value is -4.50. The van der Waals surface area contributed by atoms with Gasteiger partial charge in [-0.3, -0.25) is 24.0 Å². The van der Waals surface area contributed by atoms with Gasteiger partial charge in [-0.05, 0) is 72.1 Å². The predicted molar refractivity (Wildman–Crippen MR) is 201 cm³/mol. The summed E-state index contributed by atoms with van der Waals surface area (Å²) in [4.78, 5) is 65.6. The van der Waals surface area contributed by atoms with Crippen molar-refractivity contribution in [2.75, 3.05) is 17.2 Å². The van der Waals surface area contributed by atoms with Crippen LogP contribution in [-0.4, -0.2) is 45.9 Å². The number of rotatable bonds is 14. The van der Waals surface area contributed by atoms with Crippen molar-refractivity contribution in [1.29, 1.82) is 0 Å². The summed E-state index contributed by atoms with van der Waals surface area (Å²) >= 11 is 6.82. The quantitative estimate of drug-likeness (QED) is 0.0567. The van der Waals surface area contributed by atoms with Gasteiger partial charge in [-0.15, -0.1) is 0 Å². The van der Waals surface area contributed by atoms with E-state index in [9.17, 15) is 24.0 Å². The molecule has 10 heteroatoms. The van der Waals surface area contributed by atoms with E-state index in [-0.39, 0.29) is 40.0 Å². The largest absolute Gasteiger partial charge is 0.493 e. The first-order chi connectivity index (χ1) is 23.8. The number of hydrogen-bond donors (Lipinski definition) is 2. The number of para-hydroxylation sites is 1. The van der Waals surface area contributed by atoms with Crippen LogP contribution in [0.2, 0.25) is 0 Å². The average molecular weight is 716 g/mol. The summed E-state index contributed by atoms with van der Waals surface area (Å²) in [5.41, 5.74) is 1.64. The van der Waals surface area contributed by atoms with E-state index in [0.717, 1.165) is 24.2 Å². The Morgan fingerprint density at radius 2 is 1.37 bits per heavy atom. The predicted octanol–water partition coefficient (Wildman–Crippen LogP) is 8.64. The van der Waals surface area contributed by atoms with Crippen molar-refractivity contribution >= 4 is 52.4 Å². The molecule has 1 aliphatic rings. The first-order valence-corrected chi connectivity index (χ1v) is 17.9. The van der Waals surface area contributed by atoms with Gasteiger partial charge in [0, 0.05) is 28.8 Å². The number of imide groups is 1. The fourth-order valence-corrected chi connectivity index (χ4v) is 6.26. The van der Waals surface area contributed by atoms with Crippen molar-refractivity contribution in [1.82, 2.24) is 4.90 Å². The number of ether oxygens (including phenoxy) is 1.